The molecule has 0 bridgehead atoms. The predicted octanol–water partition coefficient (Wildman–Crippen LogP) is 1.56. The lowest BCUT2D eigenvalue weighted by Crippen LogP contribution is -2.05. The number of alkyl halides is 2. The maximum atomic E-state index is 13.1. The van der Waals surface area contributed by atoms with Crippen molar-refractivity contribution in [2.45, 2.75) is 13.0 Å². The van der Waals surface area contributed by atoms with Crippen LogP contribution in [-0.4, -0.2) is 15.0 Å². The lowest BCUT2D eigenvalue weighted by Gasteiger charge is -2.04. The number of hydrogen-bond acceptors (Lipinski definition) is 4. The first-order valence-corrected chi connectivity index (χ1v) is 3.69. The average Bonchev–Trinajstić information content (AvgIpc) is 2.15. The fourth-order valence-electron chi connectivity index (χ4n) is 0.982. The van der Waals surface area contributed by atoms with E-state index in [1.165, 1.54) is 0 Å². The molecule has 82 valence electrons. The van der Waals surface area contributed by atoms with E-state index in [0.29, 0.717) is 6.20 Å². The zero-order valence-electron chi connectivity index (χ0n) is 7.15. The first-order chi connectivity index (χ1) is 6.99. The second-order valence-corrected chi connectivity index (χ2v) is 2.54. The molecule has 0 saturated heterocycles. The molecule has 0 amide bonds. The van der Waals surface area contributed by atoms with Gasteiger partial charge in [0.25, 0.3) is 6.43 Å². The molecule has 0 unspecified atom stereocenters. The second kappa shape index (κ2) is 4.22. The van der Waals surface area contributed by atoms with Gasteiger partial charge in [0.1, 0.15) is 5.69 Å². The van der Waals surface area contributed by atoms with Gasteiger partial charge in [-0.15, -0.1) is 0 Å². The van der Waals surface area contributed by atoms with E-state index in [4.69, 9.17) is 5.11 Å². The lowest BCUT2D eigenvalue weighted by molar-refractivity contribution is -0.389. The minimum absolute atomic E-state index is 0.471. The van der Waals surface area contributed by atoms with E-state index in [-0.39, 0.29) is 0 Å². The van der Waals surface area contributed by atoms with Crippen molar-refractivity contribution in [3.63, 3.8) is 0 Å². The number of hydrogen-bond donors (Lipinski definition) is 1. The summed E-state index contributed by atoms with van der Waals surface area (Å²) in [7, 11) is 0. The van der Waals surface area contributed by atoms with Crippen molar-refractivity contribution in [2.24, 2.45) is 0 Å². The van der Waals surface area contributed by atoms with Crippen LogP contribution in [0, 0.1) is 15.9 Å². The third kappa shape index (κ3) is 2.04. The standard InChI is InChI=1S/C7H5F3N2O3/c8-5-3(7(9)10)1-11-4(2-13)6(5)12(14)15/h1,7,13H,2H2. The van der Waals surface area contributed by atoms with Crippen LogP contribution in [0.2, 0.25) is 0 Å². The van der Waals surface area contributed by atoms with E-state index in [2.05, 4.69) is 4.98 Å². The zero-order chi connectivity index (χ0) is 11.6. The summed E-state index contributed by atoms with van der Waals surface area (Å²) < 4.78 is 37.4. The van der Waals surface area contributed by atoms with Crippen molar-refractivity contribution in [1.82, 2.24) is 4.98 Å². The quantitative estimate of drug-likeness (QED) is 0.621. The molecular formula is C7H5F3N2O3. The molecule has 1 N–H and O–H groups in total. The largest absolute Gasteiger partial charge is 0.390 e. The van der Waals surface area contributed by atoms with Crippen LogP contribution >= 0.6 is 0 Å². The number of pyridine rings is 1. The molecule has 15 heavy (non-hydrogen) atoms. The van der Waals surface area contributed by atoms with Gasteiger partial charge < -0.3 is 5.11 Å². The van der Waals surface area contributed by atoms with Gasteiger partial charge in [-0.05, 0) is 0 Å². The number of halogens is 3. The minimum Gasteiger partial charge on any atom is -0.390 e. The maximum Gasteiger partial charge on any atom is 0.328 e. The highest BCUT2D eigenvalue weighted by Gasteiger charge is 2.27. The molecule has 1 aromatic rings. The third-order valence-electron chi connectivity index (χ3n) is 1.66. The summed E-state index contributed by atoms with van der Waals surface area (Å²) in [6.07, 6.45) is -2.72. The molecule has 5 nitrogen and oxygen atoms in total. The normalized spacial score (nSPS) is 10.7. The first kappa shape index (κ1) is 11.4. The molecule has 1 heterocycles. The Kier molecular flexibility index (Phi) is 3.20. The van der Waals surface area contributed by atoms with E-state index in [9.17, 15) is 23.3 Å². The van der Waals surface area contributed by atoms with Crippen molar-refractivity contribution < 1.29 is 23.2 Å². The SMILES string of the molecule is O=[N+]([O-])c1c(CO)ncc(C(F)F)c1F. The maximum absolute atomic E-state index is 13.1. The topological polar surface area (TPSA) is 76.3 Å². The van der Waals surface area contributed by atoms with Gasteiger partial charge in [0.05, 0.1) is 17.1 Å². The van der Waals surface area contributed by atoms with Crippen molar-refractivity contribution in [3.05, 3.63) is 33.4 Å². The lowest BCUT2D eigenvalue weighted by atomic mass is 10.2. The van der Waals surface area contributed by atoms with Crippen LogP contribution in [0.1, 0.15) is 17.7 Å². The Hall–Kier alpha value is -1.70. The van der Waals surface area contributed by atoms with Gasteiger partial charge in [0.2, 0.25) is 5.82 Å². The van der Waals surface area contributed by atoms with Crippen LogP contribution in [0.15, 0.2) is 6.20 Å². The van der Waals surface area contributed by atoms with Crippen LogP contribution in [0.25, 0.3) is 0 Å². The van der Waals surface area contributed by atoms with Gasteiger partial charge in [-0.25, -0.2) is 8.78 Å². The summed E-state index contributed by atoms with van der Waals surface area (Å²) in [5, 5.41) is 18.9. The van der Waals surface area contributed by atoms with Crippen molar-refractivity contribution in [2.75, 3.05) is 0 Å². The Morgan fingerprint density at radius 3 is 2.60 bits per heavy atom. The van der Waals surface area contributed by atoms with E-state index >= 15 is 0 Å². The van der Waals surface area contributed by atoms with Crippen molar-refractivity contribution in [3.8, 4) is 0 Å². The molecule has 1 aromatic heterocycles. The molecule has 0 saturated carbocycles. The number of aliphatic hydroxyl groups is 1. The Bertz CT molecular complexity index is 397. The van der Waals surface area contributed by atoms with Crippen molar-refractivity contribution in [1.29, 1.82) is 0 Å². The van der Waals surface area contributed by atoms with Gasteiger partial charge in [-0.1, -0.05) is 0 Å². The van der Waals surface area contributed by atoms with Crippen LogP contribution < -0.4 is 0 Å². The average molecular weight is 222 g/mol. The molecule has 0 radical (unpaired) electrons. The molecule has 0 aliphatic rings. The molecule has 0 aliphatic heterocycles. The molecule has 0 atom stereocenters. The molecule has 0 fully saturated rings. The predicted molar refractivity (Wildman–Crippen MR) is 41.7 cm³/mol. The van der Waals surface area contributed by atoms with Crippen LogP contribution in [-0.2, 0) is 6.61 Å². The van der Waals surface area contributed by atoms with Gasteiger partial charge in [0, 0.05) is 6.20 Å². The second-order valence-electron chi connectivity index (χ2n) is 2.54. The summed E-state index contributed by atoms with van der Waals surface area (Å²) in [5.41, 5.74) is -2.95. The molecular weight excluding hydrogens is 217 g/mol. The minimum atomic E-state index is -3.19. The van der Waals surface area contributed by atoms with E-state index in [1.807, 2.05) is 0 Å². The van der Waals surface area contributed by atoms with E-state index in [1.54, 1.807) is 0 Å². The van der Waals surface area contributed by atoms with E-state index in [0.717, 1.165) is 0 Å². The molecule has 0 aromatic carbocycles. The first-order valence-electron chi connectivity index (χ1n) is 3.69. The van der Waals surface area contributed by atoms with Crippen molar-refractivity contribution >= 4 is 5.69 Å². The number of aromatic nitrogens is 1. The Morgan fingerprint density at radius 2 is 2.20 bits per heavy atom. The Morgan fingerprint density at radius 1 is 1.60 bits per heavy atom. The van der Waals surface area contributed by atoms with Gasteiger partial charge in [-0.2, -0.15) is 4.39 Å². The number of rotatable bonds is 3. The summed E-state index contributed by atoms with van der Waals surface area (Å²) in [6.45, 7) is -0.892. The number of nitro groups is 1. The highest BCUT2D eigenvalue weighted by Crippen LogP contribution is 2.29. The summed E-state index contributed by atoms with van der Waals surface area (Å²) in [4.78, 5) is 12.3. The molecule has 0 spiro atoms. The van der Waals surface area contributed by atoms with Crippen LogP contribution in [0.4, 0.5) is 18.9 Å². The Balaban J connectivity index is 3.42. The van der Waals surface area contributed by atoms with E-state index < -0.39 is 40.7 Å². The van der Waals surface area contributed by atoms with Crippen LogP contribution in [0.5, 0.6) is 0 Å². The summed E-state index contributed by atoms with van der Waals surface area (Å²) >= 11 is 0. The monoisotopic (exact) mass is 222 g/mol. The van der Waals surface area contributed by atoms with Gasteiger partial charge in [-0.3, -0.25) is 15.1 Å². The summed E-state index contributed by atoms with van der Waals surface area (Å²) in [5.74, 6) is -1.66. The zero-order valence-corrected chi connectivity index (χ0v) is 7.15. The van der Waals surface area contributed by atoms with Gasteiger partial charge >= 0.3 is 5.69 Å². The van der Waals surface area contributed by atoms with Gasteiger partial charge in [0.15, 0.2) is 0 Å². The summed E-state index contributed by atoms with van der Waals surface area (Å²) in [6, 6.07) is 0. The smallest absolute Gasteiger partial charge is 0.328 e. The third-order valence-corrected chi connectivity index (χ3v) is 1.66. The fourth-order valence-corrected chi connectivity index (χ4v) is 0.982. The van der Waals surface area contributed by atoms with Crippen LogP contribution in [0.3, 0.4) is 0 Å². The molecule has 8 heteroatoms. The number of nitrogens with zero attached hydrogens (tertiary/aromatic N) is 2. The highest BCUT2D eigenvalue weighted by atomic mass is 19.3. The highest BCUT2D eigenvalue weighted by molar-refractivity contribution is 5.40. The molecule has 0 aliphatic carbocycles. The fraction of sp³-hybridized carbons (Fsp3) is 0.286. The Labute approximate surface area is 81.3 Å². The molecule has 1 rings (SSSR count). The number of aliphatic hydroxyl groups excluding tert-OH is 1.